The Morgan fingerprint density at radius 1 is 1.00 bits per heavy atom. The number of carbonyl (C=O) groups is 3. The number of nitrogens with one attached hydrogen (secondary N) is 3. The first-order valence-corrected chi connectivity index (χ1v) is 14.2. The Labute approximate surface area is 242 Å². The Kier molecular flexibility index (Phi) is 9.65. The summed E-state index contributed by atoms with van der Waals surface area (Å²) < 4.78 is 32.6. The second-order valence-corrected chi connectivity index (χ2v) is 11.7. The van der Waals surface area contributed by atoms with E-state index in [1.165, 1.54) is 37.4 Å². The van der Waals surface area contributed by atoms with Crippen LogP contribution < -0.4 is 21.1 Å². The quantitative estimate of drug-likeness (QED) is 0.117. The molecular weight excluding hydrogens is 566 g/mol. The summed E-state index contributed by atoms with van der Waals surface area (Å²) >= 11 is 0. The first-order chi connectivity index (χ1) is 19.6. The van der Waals surface area contributed by atoms with Crippen LogP contribution in [0.3, 0.4) is 0 Å². The van der Waals surface area contributed by atoms with Gasteiger partial charge in [0.1, 0.15) is 11.5 Å². The van der Waals surface area contributed by atoms with E-state index in [1.54, 1.807) is 38.1 Å². The highest BCUT2D eigenvalue weighted by Crippen LogP contribution is 2.30. The number of carboxylic acid groups (broad SMARTS) is 1. The van der Waals surface area contributed by atoms with Crippen molar-refractivity contribution in [2.45, 2.75) is 13.8 Å². The lowest BCUT2D eigenvalue weighted by Crippen LogP contribution is -2.37. The molecule has 0 aliphatic carbocycles. The molecule has 222 valence electrons. The number of nitrogens with two attached hydrogens (primary N) is 1. The number of rotatable bonds is 12. The maximum absolute atomic E-state index is 13.3. The van der Waals surface area contributed by atoms with Gasteiger partial charge in [-0.25, -0.2) is 9.78 Å². The van der Waals surface area contributed by atoms with Gasteiger partial charge < -0.3 is 26.2 Å². The Bertz CT molecular complexity index is 1640. The zero-order chi connectivity index (χ0) is 31.2. The first kappa shape index (κ1) is 31.7. The summed E-state index contributed by atoms with van der Waals surface area (Å²) in [6.45, 7) is 3.28. The maximum atomic E-state index is 13.3. The van der Waals surface area contributed by atoms with E-state index in [0.717, 1.165) is 6.26 Å². The SMILES string of the molecule is COc1ccc(-c2ccc(C(=O)NCC(C)(C)COS(C)(=O)=O)cc2C(=O)O)c(C(=O)Nc2ccc(C(=N)N)cc2)n1. The Morgan fingerprint density at radius 2 is 1.62 bits per heavy atom. The molecule has 0 aliphatic heterocycles. The van der Waals surface area contributed by atoms with E-state index in [4.69, 9.17) is 20.1 Å². The zero-order valence-corrected chi connectivity index (χ0v) is 24.2. The van der Waals surface area contributed by atoms with Crippen LogP contribution in [0.1, 0.15) is 50.6 Å². The number of aromatic nitrogens is 1. The number of carboxylic acids is 1. The molecule has 2 aromatic carbocycles. The van der Waals surface area contributed by atoms with Gasteiger partial charge in [0.15, 0.2) is 0 Å². The van der Waals surface area contributed by atoms with Gasteiger partial charge in [0.05, 0.1) is 25.5 Å². The number of anilines is 1. The largest absolute Gasteiger partial charge is 0.481 e. The molecule has 1 aromatic heterocycles. The summed E-state index contributed by atoms with van der Waals surface area (Å²) in [6.07, 6.45) is 0.927. The third-order valence-electron chi connectivity index (χ3n) is 5.94. The van der Waals surface area contributed by atoms with Crippen LogP contribution in [0.4, 0.5) is 5.69 Å². The molecule has 42 heavy (non-hydrogen) atoms. The molecule has 0 unspecified atom stereocenters. The van der Waals surface area contributed by atoms with Gasteiger partial charge >= 0.3 is 5.97 Å². The normalized spacial score (nSPS) is 11.4. The van der Waals surface area contributed by atoms with E-state index < -0.39 is 33.3 Å². The van der Waals surface area contributed by atoms with Crippen molar-refractivity contribution in [1.82, 2.24) is 10.3 Å². The number of methoxy groups -OCH3 is 1. The van der Waals surface area contributed by atoms with E-state index in [2.05, 4.69) is 15.6 Å². The maximum Gasteiger partial charge on any atom is 0.336 e. The molecule has 3 rings (SSSR count). The number of hydrogen-bond donors (Lipinski definition) is 5. The number of ether oxygens (including phenoxy) is 1. The highest BCUT2D eigenvalue weighted by atomic mass is 32.2. The van der Waals surface area contributed by atoms with Crippen LogP contribution in [0.2, 0.25) is 0 Å². The molecule has 0 saturated heterocycles. The van der Waals surface area contributed by atoms with Crippen molar-refractivity contribution >= 4 is 39.4 Å². The highest BCUT2D eigenvalue weighted by Gasteiger charge is 2.25. The van der Waals surface area contributed by atoms with Gasteiger partial charge in [0.25, 0.3) is 21.9 Å². The van der Waals surface area contributed by atoms with E-state index in [9.17, 15) is 27.9 Å². The number of aromatic carboxylic acids is 1. The summed E-state index contributed by atoms with van der Waals surface area (Å²) in [5.74, 6) is -2.60. The minimum atomic E-state index is -3.66. The summed E-state index contributed by atoms with van der Waals surface area (Å²) in [7, 11) is -2.29. The van der Waals surface area contributed by atoms with Gasteiger partial charge in [0, 0.05) is 40.4 Å². The number of amidine groups is 1. The fourth-order valence-electron chi connectivity index (χ4n) is 3.71. The lowest BCUT2D eigenvalue weighted by molar-refractivity contribution is 0.0697. The second-order valence-electron chi connectivity index (χ2n) is 10.1. The molecule has 0 bridgehead atoms. The van der Waals surface area contributed by atoms with Gasteiger partial charge in [-0.1, -0.05) is 19.9 Å². The third kappa shape index (κ3) is 8.34. The second kappa shape index (κ2) is 12.8. The van der Waals surface area contributed by atoms with Crippen molar-refractivity contribution in [2.75, 3.05) is 31.8 Å². The highest BCUT2D eigenvalue weighted by molar-refractivity contribution is 7.85. The van der Waals surface area contributed by atoms with Crippen LogP contribution in [-0.4, -0.2) is 68.6 Å². The Balaban J connectivity index is 1.92. The molecule has 0 fully saturated rings. The van der Waals surface area contributed by atoms with Crippen molar-refractivity contribution in [3.8, 4) is 17.0 Å². The number of nitrogen functional groups attached to an aromatic ring is 1. The number of amides is 2. The van der Waals surface area contributed by atoms with Crippen molar-refractivity contribution in [3.63, 3.8) is 0 Å². The minimum Gasteiger partial charge on any atom is -0.481 e. The third-order valence-corrected chi connectivity index (χ3v) is 6.49. The predicted molar refractivity (Wildman–Crippen MR) is 156 cm³/mol. The van der Waals surface area contributed by atoms with Crippen LogP contribution in [0, 0.1) is 10.8 Å². The average Bonchev–Trinajstić information content (AvgIpc) is 2.94. The Hall–Kier alpha value is -4.82. The summed E-state index contributed by atoms with van der Waals surface area (Å²) in [5, 5.41) is 22.8. The molecule has 0 radical (unpaired) electrons. The number of benzene rings is 2. The van der Waals surface area contributed by atoms with Crippen LogP contribution in [0.15, 0.2) is 54.6 Å². The van der Waals surface area contributed by atoms with Crippen molar-refractivity contribution in [1.29, 1.82) is 5.41 Å². The van der Waals surface area contributed by atoms with Crippen LogP contribution in [0.25, 0.3) is 11.1 Å². The van der Waals surface area contributed by atoms with E-state index in [1.807, 2.05) is 0 Å². The van der Waals surface area contributed by atoms with Gasteiger partial charge in [-0.3, -0.25) is 19.2 Å². The van der Waals surface area contributed by atoms with E-state index in [0.29, 0.717) is 11.3 Å². The molecule has 14 heteroatoms. The zero-order valence-electron chi connectivity index (χ0n) is 23.3. The van der Waals surface area contributed by atoms with Crippen molar-refractivity contribution in [2.24, 2.45) is 11.1 Å². The average molecular weight is 598 g/mol. The molecular formula is C28H31N5O8S. The summed E-state index contributed by atoms with van der Waals surface area (Å²) in [4.78, 5) is 42.7. The van der Waals surface area contributed by atoms with E-state index >= 15 is 0 Å². The molecule has 3 aromatic rings. The Morgan fingerprint density at radius 3 is 2.19 bits per heavy atom. The fourth-order valence-corrected chi connectivity index (χ4v) is 4.24. The summed E-state index contributed by atoms with van der Waals surface area (Å²) in [5.41, 5.74) is 5.55. The minimum absolute atomic E-state index is 0.0361. The molecule has 2 amide bonds. The smallest absolute Gasteiger partial charge is 0.336 e. The number of carbonyl (C=O) groups excluding carboxylic acids is 2. The van der Waals surface area contributed by atoms with Crippen molar-refractivity contribution in [3.05, 3.63) is 77.0 Å². The summed E-state index contributed by atoms with van der Waals surface area (Å²) in [6, 6.07) is 13.2. The lowest BCUT2D eigenvalue weighted by Gasteiger charge is -2.24. The van der Waals surface area contributed by atoms with Gasteiger partial charge in [-0.05, 0) is 48.0 Å². The van der Waals surface area contributed by atoms with Gasteiger partial charge in [-0.15, -0.1) is 0 Å². The van der Waals surface area contributed by atoms with E-state index in [-0.39, 0.29) is 52.8 Å². The van der Waals surface area contributed by atoms with Crippen LogP contribution in [0.5, 0.6) is 5.88 Å². The number of nitrogens with zero attached hydrogens (tertiary/aromatic N) is 1. The molecule has 0 atom stereocenters. The molecule has 0 saturated carbocycles. The predicted octanol–water partition coefficient (Wildman–Crippen LogP) is 2.72. The van der Waals surface area contributed by atoms with Crippen molar-refractivity contribution < 1.29 is 36.8 Å². The molecule has 1 heterocycles. The molecule has 0 spiro atoms. The lowest BCUT2D eigenvalue weighted by atomic mass is 9.94. The number of pyridine rings is 1. The van der Waals surface area contributed by atoms with Gasteiger partial charge in [0.2, 0.25) is 5.88 Å². The monoisotopic (exact) mass is 597 g/mol. The fraction of sp³-hybridized carbons (Fsp3) is 0.250. The molecule has 0 aliphatic rings. The topological polar surface area (TPSA) is 211 Å². The molecule has 6 N–H and O–H groups in total. The number of hydrogen-bond acceptors (Lipinski definition) is 9. The van der Waals surface area contributed by atoms with Gasteiger partial charge in [-0.2, -0.15) is 8.42 Å². The first-order valence-electron chi connectivity index (χ1n) is 12.4. The van der Waals surface area contributed by atoms with Crippen LogP contribution in [-0.2, 0) is 14.3 Å². The molecule has 13 nitrogen and oxygen atoms in total. The standard InChI is InChI=1S/C28H31N5O8S/c1-28(2,15-41-42(4,38)39)14-31-25(34)17-7-10-19(21(13-17)27(36)37)20-11-12-22(40-3)33-23(20)26(35)32-18-8-5-16(6-9-18)24(29)30/h5-13H,14-15H2,1-4H3,(H3,29,30)(H,31,34)(H,32,35)(H,36,37). The van der Waals surface area contributed by atoms with Crippen LogP contribution >= 0.6 is 0 Å².